The summed E-state index contributed by atoms with van der Waals surface area (Å²) < 4.78 is 27.3. The average molecular weight is 534 g/mol. The van der Waals surface area contributed by atoms with Crippen molar-refractivity contribution in [3.63, 3.8) is 0 Å². The molecule has 1 amide bonds. The monoisotopic (exact) mass is 533 g/mol. The lowest BCUT2D eigenvalue weighted by atomic mass is 9.90. The third-order valence-electron chi connectivity index (χ3n) is 5.51. The van der Waals surface area contributed by atoms with Gasteiger partial charge in [-0.2, -0.15) is 0 Å². The molecule has 1 aliphatic rings. The fraction of sp³-hybridized carbons (Fsp3) is 0.519. The van der Waals surface area contributed by atoms with Crippen LogP contribution in [0, 0.1) is 0 Å². The summed E-state index contributed by atoms with van der Waals surface area (Å²) in [7, 11) is 0. The fourth-order valence-electron chi connectivity index (χ4n) is 3.99. The summed E-state index contributed by atoms with van der Waals surface area (Å²) in [5.41, 5.74) is 0.896. The van der Waals surface area contributed by atoms with E-state index in [0.29, 0.717) is 6.42 Å². The molecule has 2 rings (SSSR count). The van der Waals surface area contributed by atoms with Gasteiger partial charge in [-0.3, -0.25) is 24.0 Å². The van der Waals surface area contributed by atoms with E-state index in [-0.39, 0.29) is 32.0 Å². The zero-order valence-electron chi connectivity index (χ0n) is 22.0. The van der Waals surface area contributed by atoms with E-state index in [1.54, 1.807) is 12.2 Å². The summed E-state index contributed by atoms with van der Waals surface area (Å²) in [6, 6.07) is 8.48. The van der Waals surface area contributed by atoms with Crippen molar-refractivity contribution in [3.05, 3.63) is 48.0 Å². The van der Waals surface area contributed by atoms with Gasteiger partial charge >= 0.3 is 23.9 Å². The van der Waals surface area contributed by atoms with Crippen molar-refractivity contribution in [2.75, 3.05) is 6.61 Å². The molecular formula is C27H35NO10. The number of rotatable bonds is 12. The van der Waals surface area contributed by atoms with Crippen molar-refractivity contribution in [3.8, 4) is 0 Å². The van der Waals surface area contributed by atoms with Gasteiger partial charge in [0, 0.05) is 34.1 Å². The van der Waals surface area contributed by atoms with Crippen LogP contribution in [0.15, 0.2) is 42.5 Å². The zero-order chi connectivity index (χ0) is 28.1. The first-order valence-corrected chi connectivity index (χ1v) is 12.3. The number of hydrogen-bond donors (Lipinski definition) is 1. The number of allylic oxidation sites excluding steroid dienone is 1. The van der Waals surface area contributed by atoms with Gasteiger partial charge in [-0.15, -0.1) is 0 Å². The van der Waals surface area contributed by atoms with Crippen molar-refractivity contribution in [1.82, 2.24) is 5.32 Å². The minimum Gasteiger partial charge on any atom is -0.463 e. The molecule has 5 atom stereocenters. The second-order valence-corrected chi connectivity index (χ2v) is 8.78. The molecule has 0 aromatic heterocycles. The number of ether oxygens (including phenoxy) is 5. The molecule has 1 heterocycles. The maximum Gasteiger partial charge on any atom is 0.306 e. The highest BCUT2D eigenvalue weighted by molar-refractivity contribution is 5.74. The lowest BCUT2D eigenvalue weighted by molar-refractivity contribution is -0.223. The number of carbonyl (C=O) groups excluding carboxylic acids is 5. The molecule has 1 aromatic rings. The maximum absolute atomic E-state index is 12.0. The molecule has 38 heavy (non-hydrogen) atoms. The van der Waals surface area contributed by atoms with E-state index in [1.807, 2.05) is 30.3 Å². The van der Waals surface area contributed by atoms with Crippen LogP contribution in [0.3, 0.4) is 0 Å². The Labute approximate surface area is 221 Å². The van der Waals surface area contributed by atoms with Gasteiger partial charge in [0.05, 0.1) is 12.1 Å². The molecule has 0 aliphatic carbocycles. The summed E-state index contributed by atoms with van der Waals surface area (Å²) in [4.78, 5) is 59.1. The third-order valence-corrected chi connectivity index (χ3v) is 5.51. The SMILES string of the molecule is CC(=O)NC1[C@@H](OC(C)=O)[C@@H](OC(C)=O)C(COC(C)=O)O[C@@H]1C/C=C/CCC(=O)OCc1ccccc1. The topological polar surface area (TPSA) is 144 Å². The summed E-state index contributed by atoms with van der Waals surface area (Å²) in [5, 5.41) is 2.72. The lowest BCUT2D eigenvalue weighted by Gasteiger charge is -2.45. The molecule has 2 unspecified atom stereocenters. The molecule has 0 bridgehead atoms. The van der Waals surface area contributed by atoms with Crippen LogP contribution in [0.2, 0.25) is 0 Å². The average Bonchev–Trinajstić information content (AvgIpc) is 2.84. The Balaban J connectivity index is 2.08. The predicted molar refractivity (Wildman–Crippen MR) is 133 cm³/mol. The van der Waals surface area contributed by atoms with Gasteiger partial charge in [0.1, 0.15) is 19.3 Å². The molecule has 1 fully saturated rings. The van der Waals surface area contributed by atoms with Crippen molar-refractivity contribution in [2.24, 2.45) is 0 Å². The van der Waals surface area contributed by atoms with Crippen LogP contribution in [0.5, 0.6) is 0 Å². The molecule has 0 radical (unpaired) electrons. The molecule has 208 valence electrons. The second kappa shape index (κ2) is 15.5. The van der Waals surface area contributed by atoms with Gasteiger partial charge < -0.3 is 29.0 Å². The number of esters is 4. The smallest absolute Gasteiger partial charge is 0.306 e. The van der Waals surface area contributed by atoms with E-state index < -0.39 is 54.3 Å². The first kappa shape index (κ1) is 30.5. The van der Waals surface area contributed by atoms with Crippen LogP contribution in [0.4, 0.5) is 0 Å². The summed E-state index contributed by atoms with van der Waals surface area (Å²) in [6.45, 7) is 4.83. The summed E-state index contributed by atoms with van der Waals surface area (Å²) >= 11 is 0. The lowest BCUT2D eigenvalue weighted by Crippen LogP contribution is -2.66. The van der Waals surface area contributed by atoms with E-state index >= 15 is 0 Å². The fourth-order valence-corrected chi connectivity index (χ4v) is 3.99. The maximum atomic E-state index is 12.0. The summed E-state index contributed by atoms with van der Waals surface area (Å²) in [6.07, 6.45) is 0.468. The Morgan fingerprint density at radius 1 is 0.842 bits per heavy atom. The molecule has 11 heteroatoms. The standard InChI is InChI=1S/C27H35NO10/c1-17(29)28-25-22(13-9-6-10-14-24(33)35-15-21-11-7-5-8-12-21)38-23(16-34-18(2)30)26(36-19(3)31)27(25)37-20(4)32/h5-9,11-12,22-23,25-27H,10,13-16H2,1-4H3,(H,28,29)/b9-6+/t22-,23?,25?,26+,27-/m1/s1. The molecule has 0 saturated carbocycles. The number of carbonyl (C=O) groups is 5. The van der Waals surface area contributed by atoms with Gasteiger partial charge in [-0.1, -0.05) is 42.5 Å². The number of benzene rings is 1. The highest BCUT2D eigenvalue weighted by Gasteiger charge is 2.50. The minimum absolute atomic E-state index is 0.170. The predicted octanol–water partition coefficient (Wildman–Crippen LogP) is 2.15. The Kier molecular flexibility index (Phi) is 12.4. The van der Waals surface area contributed by atoms with E-state index in [2.05, 4.69) is 5.32 Å². The van der Waals surface area contributed by atoms with Gasteiger partial charge in [-0.25, -0.2) is 0 Å². The van der Waals surface area contributed by atoms with E-state index in [1.165, 1.54) is 27.7 Å². The molecule has 1 N–H and O–H groups in total. The zero-order valence-corrected chi connectivity index (χ0v) is 22.0. The van der Waals surface area contributed by atoms with Gasteiger partial charge in [0.25, 0.3) is 0 Å². The van der Waals surface area contributed by atoms with Crippen LogP contribution in [0.1, 0.15) is 52.5 Å². The minimum atomic E-state index is -1.13. The Morgan fingerprint density at radius 2 is 1.50 bits per heavy atom. The first-order valence-electron chi connectivity index (χ1n) is 12.3. The van der Waals surface area contributed by atoms with Gasteiger partial charge in [0.15, 0.2) is 12.2 Å². The number of nitrogens with one attached hydrogen (secondary N) is 1. The highest BCUT2D eigenvalue weighted by Crippen LogP contribution is 2.29. The molecule has 1 aromatic carbocycles. The summed E-state index contributed by atoms with van der Waals surface area (Å²) in [5.74, 6) is -2.64. The van der Waals surface area contributed by atoms with Crippen LogP contribution < -0.4 is 5.32 Å². The highest BCUT2D eigenvalue weighted by atomic mass is 16.6. The number of amides is 1. The normalized spacial score (nSPS) is 22.8. The van der Waals surface area contributed by atoms with E-state index in [4.69, 9.17) is 23.7 Å². The number of hydrogen-bond acceptors (Lipinski definition) is 10. The molecular weight excluding hydrogens is 498 g/mol. The van der Waals surface area contributed by atoms with Crippen molar-refractivity contribution < 1.29 is 47.7 Å². The Hall–Kier alpha value is -3.73. The van der Waals surface area contributed by atoms with E-state index in [0.717, 1.165) is 5.56 Å². The largest absolute Gasteiger partial charge is 0.463 e. The van der Waals surface area contributed by atoms with Crippen molar-refractivity contribution >= 4 is 29.8 Å². The van der Waals surface area contributed by atoms with E-state index in [9.17, 15) is 24.0 Å². The molecule has 0 spiro atoms. The van der Waals surface area contributed by atoms with Crippen LogP contribution in [-0.4, -0.2) is 66.8 Å². The Bertz CT molecular complexity index is 993. The van der Waals surface area contributed by atoms with Crippen LogP contribution in [-0.2, 0) is 54.3 Å². The quantitative estimate of drug-likeness (QED) is 0.241. The van der Waals surface area contributed by atoms with Crippen LogP contribution in [0.25, 0.3) is 0 Å². The molecule has 1 aliphatic heterocycles. The van der Waals surface area contributed by atoms with Crippen LogP contribution >= 0.6 is 0 Å². The first-order chi connectivity index (χ1) is 18.1. The van der Waals surface area contributed by atoms with Crippen molar-refractivity contribution in [1.29, 1.82) is 0 Å². The van der Waals surface area contributed by atoms with Crippen molar-refractivity contribution in [2.45, 2.75) is 84.0 Å². The second-order valence-electron chi connectivity index (χ2n) is 8.78. The molecule has 11 nitrogen and oxygen atoms in total. The van der Waals surface area contributed by atoms with Gasteiger partial charge in [-0.05, 0) is 18.4 Å². The Morgan fingerprint density at radius 3 is 2.11 bits per heavy atom. The third kappa shape index (κ3) is 10.7. The van der Waals surface area contributed by atoms with Gasteiger partial charge in [0.2, 0.25) is 5.91 Å². The molecule has 1 saturated heterocycles.